The van der Waals surface area contributed by atoms with E-state index < -0.39 is 0 Å². The van der Waals surface area contributed by atoms with E-state index in [0.29, 0.717) is 17.9 Å². The quantitative estimate of drug-likeness (QED) is 0.821. The number of rotatable bonds is 3. The molecule has 5 heteroatoms. The van der Waals surface area contributed by atoms with Crippen LogP contribution >= 0.6 is 0 Å². The first kappa shape index (κ1) is 19.2. The van der Waals surface area contributed by atoms with Gasteiger partial charge in [0.2, 0.25) is 0 Å². The Kier molecular flexibility index (Phi) is 5.04. The van der Waals surface area contributed by atoms with Crippen molar-refractivity contribution in [1.29, 1.82) is 0 Å². The first-order chi connectivity index (χ1) is 13.4. The first-order valence-corrected chi connectivity index (χ1v) is 10.5. The zero-order chi connectivity index (χ0) is 19.9. The van der Waals surface area contributed by atoms with Crippen molar-refractivity contribution in [1.82, 2.24) is 14.0 Å². The highest BCUT2D eigenvalue weighted by atomic mass is 16.2. The molecule has 150 valence electrons. The van der Waals surface area contributed by atoms with Gasteiger partial charge in [-0.25, -0.2) is 4.79 Å². The average Bonchev–Trinajstić information content (AvgIpc) is 3.06. The van der Waals surface area contributed by atoms with Gasteiger partial charge < -0.3 is 4.57 Å². The molecule has 28 heavy (non-hydrogen) atoms. The van der Waals surface area contributed by atoms with Crippen LogP contribution < -0.4 is 11.2 Å². The molecule has 1 aromatic heterocycles. The van der Waals surface area contributed by atoms with Gasteiger partial charge in [0.1, 0.15) is 0 Å². The number of benzene rings is 1. The van der Waals surface area contributed by atoms with E-state index in [2.05, 4.69) is 35.2 Å². The Hall–Kier alpha value is -2.14. The van der Waals surface area contributed by atoms with Crippen LogP contribution in [0.4, 0.5) is 0 Å². The van der Waals surface area contributed by atoms with E-state index in [0.717, 1.165) is 24.3 Å². The molecule has 2 fully saturated rings. The fraction of sp³-hybridized carbons (Fsp3) is 0.565. The molecule has 5 nitrogen and oxygen atoms in total. The summed E-state index contributed by atoms with van der Waals surface area (Å²) in [7, 11) is 3.33. The van der Waals surface area contributed by atoms with Gasteiger partial charge in [0.15, 0.2) is 0 Å². The normalized spacial score (nSPS) is 22.0. The maximum absolute atomic E-state index is 12.8. The van der Waals surface area contributed by atoms with Crippen LogP contribution in [0.5, 0.6) is 0 Å². The van der Waals surface area contributed by atoms with Crippen LogP contribution in [0.15, 0.2) is 39.9 Å². The second-order valence-corrected chi connectivity index (χ2v) is 8.83. The predicted molar refractivity (Wildman–Crippen MR) is 112 cm³/mol. The van der Waals surface area contributed by atoms with Crippen molar-refractivity contribution in [3.8, 4) is 0 Å². The monoisotopic (exact) mass is 381 g/mol. The summed E-state index contributed by atoms with van der Waals surface area (Å²) in [6, 6.07) is 10.9. The number of aromatic nitrogens is 2. The summed E-state index contributed by atoms with van der Waals surface area (Å²) in [4.78, 5) is 27.4. The summed E-state index contributed by atoms with van der Waals surface area (Å²) in [6.45, 7) is 4.53. The van der Waals surface area contributed by atoms with Crippen molar-refractivity contribution in [3.63, 3.8) is 0 Å². The minimum atomic E-state index is -0.251. The summed E-state index contributed by atoms with van der Waals surface area (Å²) in [5.74, 6) is 0.519. The highest BCUT2D eigenvalue weighted by molar-refractivity contribution is 5.26. The van der Waals surface area contributed by atoms with E-state index in [-0.39, 0.29) is 11.2 Å². The number of hydrogen-bond donors (Lipinski definition) is 0. The molecule has 1 aliphatic carbocycles. The van der Waals surface area contributed by atoms with Crippen molar-refractivity contribution in [3.05, 3.63) is 68.0 Å². The van der Waals surface area contributed by atoms with Crippen molar-refractivity contribution in [2.24, 2.45) is 19.5 Å². The van der Waals surface area contributed by atoms with Crippen LogP contribution in [-0.2, 0) is 20.6 Å². The minimum Gasteiger partial charge on any atom is -0.301 e. The molecule has 0 radical (unpaired) electrons. The largest absolute Gasteiger partial charge is 0.330 e. The van der Waals surface area contributed by atoms with Gasteiger partial charge in [-0.05, 0) is 30.7 Å². The van der Waals surface area contributed by atoms with Crippen LogP contribution in [0.1, 0.15) is 54.8 Å². The van der Waals surface area contributed by atoms with Crippen molar-refractivity contribution in [2.45, 2.75) is 51.5 Å². The van der Waals surface area contributed by atoms with Gasteiger partial charge in [0, 0.05) is 45.3 Å². The van der Waals surface area contributed by atoms with Gasteiger partial charge in [-0.15, -0.1) is 0 Å². The van der Waals surface area contributed by atoms with E-state index in [1.54, 1.807) is 18.7 Å². The van der Waals surface area contributed by atoms with E-state index in [1.165, 1.54) is 42.2 Å². The molecule has 2 heterocycles. The maximum Gasteiger partial charge on any atom is 0.330 e. The summed E-state index contributed by atoms with van der Waals surface area (Å²) >= 11 is 0. The third-order valence-electron chi connectivity index (χ3n) is 7.23. The summed E-state index contributed by atoms with van der Waals surface area (Å²) in [5.41, 5.74) is 2.88. The molecule has 4 rings (SSSR count). The molecule has 1 spiro atoms. The van der Waals surface area contributed by atoms with Crippen molar-refractivity contribution < 1.29 is 0 Å². The van der Waals surface area contributed by atoms with Crippen LogP contribution in [0.25, 0.3) is 0 Å². The van der Waals surface area contributed by atoms with Crippen LogP contribution in [0, 0.1) is 12.3 Å². The molecular formula is C23H31N3O2. The minimum absolute atomic E-state index is 0.151. The molecule has 1 saturated heterocycles. The smallest absolute Gasteiger partial charge is 0.301 e. The van der Waals surface area contributed by atoms with E-state index >= 15 is 0 Å². The standard InChI is InChI=1S/C23H31N3O2/c1-17-19(21(27)25(3)22(28)24(17)2)14-26-15-20(18-10-6-4-7-11-18)23(16-26)12-8-5-9-13-23/h4,6-7,10-11,20H,5,8-9,12-16H2,1-3H3/t20-/m1/s1. The van der Waals surface area contributed by atoms with Gasteiger partial charge in [-0.3, -0.25) is 14.3 Å². The van der Waals surface area contributed by atoms with E-state index in [9.17, 15) is 9.59 Å². The topological polar surface area (TPSA) is 47.2 Å². The summed E-state index contributed by atoms with van der Waals surface area (Å²) in [6.07, 6.45) is 6.49. The molecule has 2 aromatic rings. The fourth-order valence-electron chi connectivity index (χ4n) is 5.52. The Bertz CT molecular complexity index is 968. The molecule has 1 aromatic carbocycles. The van der Waals surface area contributed by atoms with Crippen LogP contribution in [-0.4, -0.2) is 27.1 Å². The van der Waals surface area contributed by atoms with E-state index in [4.69, 9.17) is 0 Å². The fourth-order valence-corrected chi connectivity index (χ4v) is 5.52. The van der Waals surface area contributed by atoms with Crippen molar-refractivity contribution >= 4 is 0 Å². The Balaban J connectivity index is 1.68. The summed E-state index contributed by atoms with van der Waals surface area (Å²) in [5, 5.41) is 0. The summed E-state index contributed by atoms with van der Waals surface area (Å²) < 4.78 is 2.83. The molecule has 0 N–H and O–H groups in total. The van der Waals surface area contributed by atoms with Gasteiger partial charge in [0.25, 0.3) is 5.56 Å². The number of hydrogen-bond acceptors (Lipinski definition) is 3. The Labute approximate surface area is 166 Å². The molecular weight excluding hydrogens is 350 g/mol. The third kappa shape index (κ3) is 3.16. The Morgan fingerprint density at radius 2 is 1.68 bits per heavy atom. The van der Waals surface area contributed by atoms with Gasteiger partial charge in [0.05, 0.1) is 5.56 Å². The third-order valence-corrected chi connectivity index (χ3v) is 7.23. The lowest BCUT2D eigenvalue weighted by molar-refractivity contribution is 0.168. The van der Waals surface area contributed by atoms with Crippen molar-refractivity contribution in [2.75, 3.05) is 13.1 Å². The zero-order valence-electron chi connectivity index (χ0n) is 17.3. The van der Waals surface area contributed by atoms with Gasteiger partial charge in [-0.1, -0.05) is 49.6 Å². The molecule has 2 aliphatic rings. The highest BCUT2D eigenvalue weighted by Crippen LogP contribution is 2.52. The van der Waals surface area contributed by atoms with Gasteiger partial charge >= 0.3 is 5.69 Å². The molecule has 0 bridgehead atoms. The van der Waals surface area contributed by atoms with Gasteiger partial charge in [-0.2, -0.15) is 0 Å². The second-order valence-electron chi connectivity index (χ2n) is 8.83. The van der Waals surface area contributed by atoms with E-state index in [1.807, 2.05) is 6.92 Å². The predicted octanol–water partition coefficient (Wildman–Crippen LogP) is 2.94. The Morgan fingerprint density at radius 1 is 1.00 bits per heavy atom. The average molecular weight is 382 g/mol. The lowest BCUT2D eigenvalue weighted by Gasteiger charge is -2.38. The SMILES string of the molecule is Cc1c(CN2C[C@H](c3ccccc3)C3(CCCCC3)C2)c(=O)n(C)c(=O)n1C. The molecule has 1 aliphatic heterocycles. The lowest BCUT2D eigenvalue weighted by atomic mass is 9.66. The van der Waals surface area contributed by atoms with Crippen LogP contribution in [0.3, 0.4) is 0 Å². The molecule has 1 saturated carbocycles. The zero-order valence-corrected chi connectivity index (χ0v) is 17.3. The lowest BCUT2D eigenvalue weighted by Crippen LogP contribution is -2.42. The first-order valence-electron chi connectivity index (χ1n) is 10.5. The molecule has 0 unspecified atom stereocenters. The molecule has 1 atom stereocenters. The number of nitrogens with zero attached hydrogens (tertiary/aromatic N) is 3. The Morgan fingerprint density at radius 3 is 2.36 bits per heavy atom. The number of likely N-dealkylation sites (tertiary alicyclic amines) is 1. The molecule has 0 amide bonds. The highest BCUT2D eigenvalue weighted by Gasteiger charge is 2.47. The maximum atomic E-state index is 12.8. The second kappa shape index (κ2) is 7.36. The van der Waals surface area contributed by atoms with Crippen LogP contribution in [0.2, 0.25) is 0 Å².